The second-order valence-electron chi connectivity index (χ2n) is 7.91. The van der Waals surface area contributed by atoms with Crippen molar-refractivity contribution in [1.82, 2.24) is 0 Å². The number of rotatable bonds is 0. The van der Waals surface area contributed by atoms with Crippen molar-refractivity contribution in [2.75, 3.05) is 0 Å². The summed E-state index contributed by atoms with van der Waals surface area (Å²) >= 11 is 0. The summed E-state index contributed by atoms with van der Waals surface area (Å²) in [5, 5.41) is 22.3. The first-order valence-electron chi connectivity index (χ1n) is 11.0. The molecule has 0 aromatic heterocycles. The molecule has 5 rings (SSSR count). The summed E-state index contributed by atoms with van der Waals surface area (Å²) in [5.41, 5.74) is 5.64. The van der Waals surface area contributed by atoms with Crippen molar-refractivity contribution >= 4 is 0 Å². The highest BCUT2D eigenvalue weighted by molar-refractivity contribution is 5.59. The number of hydrogen-bond acceptors (Lipinski definition) is 2. The van der Waals surface area contributed by atoms with Gasteiger partial charge in [0.25, 0.3) is 0 Å². The fourth-order valence-electron chi connectivity index (χ4n) is 3.88. The lowest BCUT2D eigenvalue weighted by molar-refractivity contribution is 0.0169. The summed E-state index contributed by atoms with van der Waals surface area (Å²) in [6.07, 6.45) is -2.33. The van der Waals surface area contributed by atoms with Crippen LogP contribution < -0.4 is 0 Å². The third kappa shape index (κ3) is 4.36. The smallest absolute Gasteiger partial charge is 0.110 e. The number of benzene rings is 4. The van der Waals surface area contributed by atoms with Gasteiger partial charge < -0.3 is 10.2 Å². The van der Waals surface area contributed by atoms with Crippen molar-refractivity contribution in [3.05, 3.63) is 142 Å². The zero-order chi connectivity index (χ0) is 23.3. The van der Waals surface area contributed by atoms with Crippen LogP contribution in [0.25, 0.3) is 0 Å². The first-order chi connectivity index (χ1) is 16.7. The molecule has 2 unspecified atom stereocenters. The molecule has 1 aliphatic rings. The van der Waals surface area contributed by atoms with E-state index in [1.165, 1.54) is 0 Å². The minimum absolute atomic E-state index is 0.561. The van der Waals surface area contributed by atoms with Crippen molar-refractivity contribution < 1.29 is 10.2 Å². The highest BCUT2D eigenvalue weighted by Gasteiger charge is 2.24. The van der Waals surface area contributed by atoms with Gasteiger partial charge in [0, 0.05) is 33.4 Å². The van der Waals surface area contributed by atoms with Gasteiger partial charge in [-0.15, -0.1) is 0 Å². The normalized spacial score (nSPS) is 15.9. The first-order valence-corrected chi connectivity index (χ1v) is 11.0. The molecule has 2 nitrogen and oxygen atoms in total. The van der Waals surface area contributed by atoms with Crippen LogP contribution in [0.15, 0.2) is 97.1 Å². The van der Waals surface area contributed by atoms with E-state index in [1.54, 1.807) is 12.1 Å². The second kappa shape index (κ2) is 9.54. The van der Waals surface area contributed by atoms with E-state index in [9.17, 15) is 10.2 Å². The van der Waals surface area contributed by atoms with Gasteiger partial charge in [-0.25, -0.2) is 0 Å². The van der Waals surface area contributed by atoms with E-state index in [0.29, 0.717) is 22.3 Å². The topological polar surface area (TPSA) is 40.5 Å². The van der Waals surface area contributed by atoms with Gasteiger partial charge in [0.2, 0.25) is 0 Å². The van der Waals surface area contributed by atoms with Gasteiger partial charge in [-0.3, -0.25) is 0 Å². The zero-order valence-corrected chi connectivity index (χ0v) is 18.3. The van der Waals surface area contributed by atoms with E-state index < -0.39 is 12.2 Å². The second-order valence-corrected chi connectivity index (χ2v) is 7.91. The van der Waals surface area contributed by atoms with Crippen LogP contribution in [-0.2, 0) is 0 Å². The third-order valence-electron chi connectivity index (χ3n) is 5.71. The van der Waals surface area contributed by atoms with Crippen molar-refractivity contribution in [2.45, 2.75) is 12.2 Å². The van der Waals surface area contributed by atoms with Crippen LogP contribution in [0.5, 0.6) is 0 Å². The van der Waals surface area contributed by atoms with Crippen LogP contribution in [0.3, 0.4) is 0 Å². The maximum Gasteiger partial charge on any atom is 0.110 e. The molecule has 1 aliphatic carbocycles. The minimum atomic E-state index is -1.16. The Labute approximate surface area is 199 Å². The Morgan fingerprint density at radius 2 is 0.588 bits per heavy atom. The summed E-state index contributed by atoms with van der Waals surface area (Å²) in [6, 6.07) is 30.1. The number of hydrogen-bond donors (Lipinski definition) is 2. The zero-order valence-electron chi connectivity index (χ0n) is 18.3. The monoisotopic (exact) mass is 436 g/mol. The first kappa shape index (κ1) is 21.3. The average Bonchev–Trinajstić information content (AvgIpc) is 2.89. The molecule has 0 saturated carbocycles. The summed E-state index contributed by atoms with van der Waals surface area (Å²) in [4.78, 5) is 0. The van der Waals surface area contributed by atoms with Crippen LogP contribution in [0, 0.1) is 35.5 Å². The van der Waals surface area contributed by atoms with E-state index in [1.807, 2.05) is 84.9 Å². The molecule has 0 spiro atoms. The lowest BCUT2D eigenvalue weighted by Gasteiger charge is -2.21. The van der Waals surface area contributed by atoms with Gasteiger partial charge >= 0.3 is 0 Å². The number of aliphatic hydroxyl groups excluding tert-OH is 2. The largest absolute Gasteiger partial charge is 0.385 e. The van der Waals surface area contributed by atoms with E-state index >= 15 is 0 Å². The van der Waals surface area contributed by atoms with Crippen molar-refractivity contribution in [3.8, 4) is 35.5 Å². The molecule has 0 fully saturated rings. The molecule has 4 aromatic carbocycles. The fraction of sp³-hybridized carbons (Fsp3) is 0.0625. The quantitative estimate of drug-likeness (QED) is 0.382. The molecule has 34 heavy (non-hydrogen) atoms. The molecule has 0 radical (unpaired) electrons. The molecule has 0 heterocycles. The molecule has 0 bridgehead atoms. The molecule has 2 heteroatoms. The summed E-state index contributed by atoms with van der Waals surface area (Å²) < 4.78 is 0. The predicted molar refractivity (Wildman–Crippen MR) is 134 cm³/mol. The molecular formula is C32H20O2. The Kier molecular flexibility index (Phi) is 5.99. The van der Waals surface area contributed by atoms with Crippen molar-refractivity contribution in [2.24, 2.45) is 0 Å². The summed E-state index contributed by atoms with van der Waals surface area (Å²) in [5.74, 6) is 19.3. The maximum atomic E-state index is 11.2. The molecular weight excluding hydrogens is 416 g/mol. The summed E-state index contributed by atoms with van der Waals surface area (Å²) in [7, 11) is 0. The van der Waals surface area contributed by atoms with E-state index in [4.69, 9.17) is 0 Å². The number of aliphatic hydroxyl groups is 2. The SMILES string of the molecule is OC1c2ccccc2C#Cc2ccccc2C#Cc2ccccc2C#Cc2ccccc2C1O. The van der Waals surface area contributed by atoms with Crippen LogP contribution in [0.1, 0.15) is 56.7 Å². The highest BCUT2D eigenvalue weighted by Crippen LogP contribution is 2.32. The molecule has 4 aromatic rings. The van der Waals surface area contributed by atoms with Crippen molar-refractivity contribution in [3.63, 3.8) is 0 Å². The van der Waals surface area contributed by atoms with Gasteiger partial charge in [0.05, 0.1) is 0 Å². The van der Waals surface area contributed by atoms with Crippen LogP contribution in [0.2, 0.25) is 0 Å². The van der Waals surface area contributed by atoms with Gasteiger partial charge in [-0.1, -0.05) is 96.2 Å². The van der Waals surface area contributed by atoms with Crippen LogP contribution in [0.4, 0.5) is 0 Å². The minimum Gasteiger partial charge on any atom is -0.385 e. The summed E-state index contributed by atoms with van der Waals surface area (Å²) in [6.45, 7) is 0. The van der Waals surface area contributed by atoms with Crippen molar-refractivity contribution in [1.29, 1.82) is 0 Å². The molecule has 2 N–H and O–H groups in total. The van der Waals surface area contributed by atoms with Gasteiger partial charge in [-0.2, -0.15) is 0 Å². The lowest BCUT2D eigenvalue weighted by atomic mass is 9.92. The van der Waals surface area contributed by atoms with Gasteiger partial charge in [-0.05, 0) is 47.5 Å². The Morgan fingerprint density at radius 1 is 0.353 bits per heavy atom. The van der Waals surface area contributed by atoms with E-state index in [-0.39, 0.29) is 0 Å². The van der Waals surface area contributed by atoms with Gasteiger partial charge in [0.15, 0.2) is 0 Å². The Balaban J connectivity index is 1.77. The predicted octanol–water partition coefficient (Wildman–Crippen LogP) is 4.97. The Hall–Kier alpha value is -4.52. The molecule has 160 valence electrons. The molecule has 0 aliphatic heterocycles. The van der Waals surface area contributed by atoms with E-state index in [0.717, 1.165) is 22.3 Å². The Morgan fingerprint density at radius 3 is 0.912 bits per heavy atom. The third-order valence-corrected chi connectivity index (χ3v) is 5.71. The van der Waals surface area contributed by atoms with Crippen LogP contribution >= 0.6 is 0 Å². The maximum absolute atomic E-state index is 11.2. The average molecular weight is 437 g/mol. The molecule has 2 atom stereocenters. The van der Waals surface area contributed by atoms with Gasteiger partial charge in [0.1, 0.15) is 12.2 Å². The standard InChI is InChI=1S/C32H20O2/c33-31-29-15-7-5-13-27(29)21-19-25-11-3-1-9-23(25)17-18-24-10-2-4-12-26(24)20-22-28-14-6-8-16-30(28)32(31)34/h1-16,31-34H. The molecule has 0 saturated heterocycles. The Bertz CT molecular complexity index is 1440. The number of fused-ring (bicyclic) bond motifs is 4. The van der Waals surface area contributed by atoms with Crippen LogP contribution in [-0.4, -0.2) is 10.2 Å². The fourth-order valence-corrected chi connectivity index (χ4v) is 3.88. The van der Waals surface area contributed by atoms with E-state index in [2.05, 4.69) is 35.5 Å². The highest BCUT2D eigenvalue weighted by atomic mass is 16.3. The molecule has 0 amide bonds. The lowest BCUT2D eigenvalue weighted by Crippen LogP contribution is -2.13.